The molecule has 1 saturated heterocycles. The zero-order chi connectivity index (χ0) is 33.2. The number of methoxy groups -OCH3 is 1. The summed E-state index contributed by atoms with van der Waals surface area (Å²) in [6, 6.07) is 20.0. The summed E-state index contributed by atoms with van der Waals surface area (Å²) >= 11 is 12.7. The molecule has 0 aliphatic carbocycles. The first-order valence-electron chi connectivity index (χ1n) is 15.4. The van der Waals surface area contributed by atoms with Crippen molar-refractivity contribution in [3.05, 3.63) is 93.5 Å². The number of halogens is 2. The Bertz CT molecular complexity index is 1590. The lowest BCUT2D eigenvalue weighted by Crippen LogP contribution is -2.55. The molecule has 1 fully saturated rings. The second-order valence-corrected chi connectivity index (χ2v) is 13.1. The van der Waals surface area contributed by atoms with Crippen molar-refractivity contribution in [1.82, 2.24) is 19.6 Å². The Kier molecular flexibility index (Phi) is 10.2. The summed E-state index contributed by atoms with van der Waals surface area (Å²) in [6.45, 7) is 8.36. The number of urea groups is 1. The maximum atomic E-state index is 14.9. The third-order valence-electron chi connectivity index (χ3n) is 8.47. The Morgan fingerprint density at radius 1 is 0.957 bits per heavy atom. The van der Waals surface area contributed by atoms with E-state index in [-0.39, 0.29) is 18.0 Å². The van der Waals surface area contributed by atoms with Gasteiger partial charge in [-0.15, -0.1) is 0 Å². The van der Waals surface area contributed by atoms with E-state index in [0.717, 1.165) is 11.1 Å². The number of carbonyl (C=O) groups is 2. The van der Waals surface area contributed by atoms with Crippen LogP contribution >= 0.6 is 23.2 Å². The van der Waals surface area contributed by atoms with Gasteiger partial charge in [0.25, 0.3) is 0 Å². The van der Waals surface area contributed by atoms with Crippen LogP contribution in [0.3, 0.4) is 0 Å². The number of amidine groups is 1. The number of amides is 3. The summed E-state index contributed by atoms with van der Waals surface area (Å²) in [5, 5.41) is 1.21. The number of carbonyl (C=O) groups excluding carboxylic acids is 2. The molecule has 3 amide bonds. The summed E-state index contributed by atoms with van der Waals surface area (Å²) in [7, 11) is 5.11. The summed E-state index contributed by atoms with van der Waals surface area (Å²) in [5.74, 6) is 1.72. The predicted molar refractivity (Wildman–Crippen MR) is 182 cm³/mol. The summed E-state index contributed by atoms with van der Waals surface area (Å²) in [5.41, 5.74) is 1.55. The van der Waals surface area contributed by atoms with Crippen molar-refractivity contribution < 1.29 is 19.1 Å². The van der Waals surface area contributed by atoms with Crippen LogP contribution in [0.1, 0.15) is 43.5 Å². The molecule has 9 nitrogen and oxygen atoms in total. The van der Waals surface area contributed by atoms with Gasteiger partial charge in [0, 0.05) is 56.4 Å². The van der Waals surface area contributed by atoms with E-state index < -0.39 is 11.6 Å². The standard InChI is InChI=1S/C35H41Cl2N5O4/c1-23(2)46-30-21-28(45-6)15-16-29(30)33-38-35(3,25-9-13-27(37)14-10-25)32(24-7-11-26(36)12-8-24)42(33)34(44)41-19-17-40(18-20-41)22-31(43)39(4)5/h7-16,21,23,32H,17-20,22H2,1-6H3/t32-,35+/m1/s1. The van der Waals surface area contributed by atoms with Gasteiger partial charge in [0.2, 0.25) is 5.91 Å². The molecule has 3 aromatic carbocycles. The van der Waals surface area contributed by atoms with Crippen LogP contribution in [0.2, 0.25) is 10.0 Å². The first-order chi connectivity index (χ1) is 21.9. The fraction of sp³-hybridized carbons (Fsp3) is 0.400. The minimum absolute atomic E-state index is 0.0347. The van der Waals surface area contributed by atoms with E-state index in [0.29, 0.717) is 65.7 Å². The molecule has 244 valence electrons. The summed E-state index contributed by atoms with van der Waals surface area (Å²) in [6.07, 6.45) is -0.135. The van der Waals surface area contributed by atoms with Crippen LogP contribution in [-0.4, -0.2) is 97.4 Å². The molecule has 0 unspecified atom stereocenters. The molecule has 0 bridgehead atoms. The number of ether oxygens (including phenoxy) is 2. The lowest BCUT2D eigenvalue weighted by atomic mass is 9.81. The third-order valence-corrected chi connectivity index (χ3v) is 8.97. The van der Waals surface area contributed by atoms with Crippen molar-refractivity contribution in [2.24, 2.45) is 4.99 Å². The van der Waals surface area contributed by atoms with Crippen LogP contribution in [0, 0.1) is 0 Å². The van der Waals surface area contributed by atoms with E-state index in [9.17, 15) is 9.59 Å². The van der Waals surface area contributed by atoms with Crippen LogP contribution in [0.25, 0.3) is 0 Å². The van der Waals surface area contributed by atoms with Crippen molar-refractivity contribution >= 4 is 41.0 Å². The van der Waals surface area contributed by atoms with E-state index in [1.54, 1.807) is 31.0 Å². The summed E-state index contributed by atoms with van der Waals surface area (Å²) in [4.78, 5) is 40.0. The first-order valence-corrected chi connectivity index (χ1v) is 16.1. The minimum atomic E-state index is -0.904. The smallest absolute Gasteiger partial charge is 0.326 e. The molecular formula is C35H41Cl2N5O4. The number of piperazine rings is 1. The van der Waals surface area contributed by atoms with Gasteiger partial charge in [-0.25, -0.2) is 4.79 Å². The Morgan fingerprint density at radius 3 is 2.13 bits per heavy atom. The summed E-state index contributed by atoms with van der Waals surface area (Å²) < 4.78 is 11.8. The number of hydrogen-bond donors (Lipinski definition) is 0. The Labute approximate surface area is 281 Å². The highest BCUT2D eigenvalue weighted by molar-refractivity contribution is 6.30. The third kappa shape index (κ3) is 6.97. The SMILES string of the molecule is COc1ccc(C2=N[C@@](C)(c3ccc(Cl)cc3)[C@@H](c3ccc(Cl)cc3)N2C(=O)N2CCN(CC(=O)N(C)C)CC2)c(OC(C)C)c1. The number of nitrogens with zero attached hydrogens (tertiary/aromatic N) is 5. The number of hydrogen-bond acceptors (Lipinski definition) is 6. The number of likely N-dealkylation sites (N-methyl/N-ethyl adjacent to an activating group) is 1. The van der Waals surface area contributed by atoms with E-state index in [1.165, 1.54) is 0 Å². The fourth-order valence-corrected chi connectivity index (χ4v) is 6.23. The highest BCUT2D eigenvalue weighted by Crippen LogP contribution is 2.50. The molecule has 0 spiro atoms. The van der Waals surface area contributed by atoms with Gasteiger partial charge in [-0.1, -0.05) is 47.5 Å². The molecule has 2 aliphatic heterocycles. The van der Waals surface area contributed by atoms with Crippen LogP contribution in [-0.2, 0) is 10.3 Å². The average Bonchev–Trinajstić information content (AvgIpc) is 3.34. The van der Waals surface area contributed by atoms with Crippen molar-refractivity contribution in [1.29, 1.82) is 0 Å². The van der Waals surface area contributed by atoms with Crippen LogP contribution < -0.4 is 9.47 Å². The Hall–Kier alpha value is -3.79. The molecule has 0 radical (unpaired) electrons. The number of benzene rings is 3. The maximum Gasteiger partial charge on any atom is 0.326 e. The molecule has 0 N–H and O–H groups in total. The van der Waals surface area contributed by atoms with Crippen molar-refractivity contribution in [3.63, 3.8) is 0 Å². The molecule has 2 atom stereocenters. The molecule has 0 aromatic heterocycles. The van der Waals surface area contributed by atoms with E-state index in [1.807, 2.05) is 92.4 Å². The molecule has 46 heavy (non-hydrogen) atoms. The largest absolute Gasteiger partial charge is 0.497 e. The second kappa shape index (κ2) is 13.9. The van der Waals surface area contributed by atoms with Gasteiger partial charge < -0.3 is 19.3 Å². The molecule has 0 saturated carbocycles. The first kappa shape index (κ1) is 33.6. The van der Waals surface area contributed by atoms with Gasteiger partial charge in [-0.2, -0.15) is 0 Å². The minimum Gasteiger partial charge on any atom is -0.497 e. The van der Waals surface area contributed by atoms with Gasteiger partial charge >= 0.3 is 6.03 Å². The van der Waals surface area contributed by atoms with Crippen molar-refractivity contribution in [3.8, 4) is 11.5 Å². The van der Waals surface area contributed by atoms with Gasteiger partial charge in [-0.3, -0.25) is 19.6 Å². The zero-order valence-electron chi connectivity index (χ0n) is 27.2. The molecule has 5 rings (SSSR count). The molecular weight excluding hydrogens is 625 g/mol. The second-order valence-electron chi connectivity index (χ2n) is 12.3. The fourth-order valence-electron chi connectivity index (χ4n) is 5.98. The maximum absolute atomic E-state index is 14.9. The quantitative estimate of drug-likeness (QED) is 0.281. The van der Waals surface area contributed by atoms with E-state index in [2.05, 4.69) is 4.90 Å². The molecule has 2 heterocycles. The zero-order valence-corrected chi connectivity index (χ0v) is 28.7. The number of aliphatic imine (C=N–C) groups is 1. The lowest BCUT2D eigenvalue weighted by Gasteiger charge is -2.40. The molecule has 11 heteroatoms. The highest BCUT2D eigenvalue weighted by atomic mass is 35.5. The normalized spacial score (nSPS) is 20.1. The monoisotopic (exact) mass is 665 g/mol. The predicted octanol–water partition coefficient (Wildman–Crippen LogP) is 6.33. The van der Waals surface area contributed by atoms with Crippen molar-refractivity contribution in [2.75, 3.05) is 53.9 Å². The van der Waals surface area contributed by atoms with Crippen LogP contribution in [0.4, 0.5) is 4.79 Å². The average molecular weight is 667 g/mol. The van der Waals surface area contributed by atoms with Crippen LogP contribution in [0.5, 0.6) is 11.5 Å². The van der Waals surface area contributed by atoms with Crippen LogP contribution in [0.15, 0.2) is 71.7 Å². The van der Waals surface area contributed by atoms with E-state index >= 15 is 0 Å². The number of rotatable bonds is 8. The molecule has 2 aliphatic rings. The van der Waals surface area contributed by atoms with Crippen molar-refractivity contribution in [2.45, 2.75) is 38.5 Å². The lowest BCUT2D eigenvalue weighted by molar-refractivity contribution is -0.130. The van der Waals surface area contributed by atoms with Gasteiger partial charge in [0.15, 0.2) is 0 Å². The topological polar surface area (TPSA) is 77.9 Å². The van der Waals surface area contributed by atoms with Gasteiger partial charge in [0.05, 0.1) is 31.4 Å². The van der Waals surface area contributed by atoms with Gasteiger partial charge in [0.1, 0.15) is 22.9 Å². The Morgan fingerprint density at radius 2 is 1.57 bits per heavy atom. The molecule has 3 aromatic rings. The van der Waals surface area contributed by atoms with Gasteiger partial charge in [-0.05, 0) is 68.3 Å². The van der Waals surface area contributed by atoms with E-state index in [4.69, 9.17) is 37.7 Å². The highest BCUT2D eigenvalue weighted by Gasteiger charge is 2.51. The Balaban J connectivity index is 1.64.